The molecule has 18 aromatic rings. The number of fused-ring (bicyclic) bond motifs is 16. The molecule has 0 bridgehead atoms. The number of nitrogens with zero attached hydrogens (tertiary/aromatic N) is 3. The normalized spacial score (nSPS) is 13.5. The third kappa shape index (κ3) is 12.4. The number of ether oxygens (including phenoxy) is 2. The fourth-order valence-electron chi connectivity index (χ4n) is 20.3. The smallest absolute Gasteiger partial charge is 0.260 e. The Balaban J connectivity index is 0.936. The van der Waals surface area contributed by atoms with Crippen LogP contribution in [0.3, 0.4) is 0 Å². The van der Waals surface area contributed by atoms with E-state index in [1.54, 1.807) is 0 Å². The maximum atomic E-state index is 8.63. The van der Waals surface area contributed by atoms with Gasteiger partial charge in [0.2, 0.25) is 0 Å². The van der Waals surface area contributed by atoms with Crippen LogP contribution in [0.15, 0.2) is 328 Å². The summed E-state index contributed by atoms with van der Waals surface area (Å²) in [6.45, 7) is 34.6. The molecule has 0 unspecified atom stereocenters. The second kappa shape index (κ2) is 28.2. The third-order valence-corrected chi connectivity index (χ3v) is 28.0. The summed E-state index contributed by atoms with van der Waals surface area (Å²) in [6, 6.07) is 125. The second-order valence-electron chi connectivity index (χ2n) is 39.9. The lowest BCUT2D eigenvalue weighted by Crippen LogP contribution is -2.65. The zero-order valence-corrected chi connectivity index (χ0v) is 74.2. The Bertz CT molecular complexity index is 7220. The molecule has 0 saturated heterocycles. The molecule has 0 atom stereocenters. The topological polar surface area (TPSA) is 29.9 Å². The Labute approximate surface area is 734 Å². The van der Waals surface area contributed by atoms with Crippen LogP contribution in [0.2, 0.25) is 0 Å². The molecule has 0 fully saturated rings. The first kappa shape index (κ1) is 77.0. The van der Waals surface area contributed by atoms with E-state index >= 15 is 0 Å². The van der Waals surface area contributed by atoms with E-state index in [0.717, 1.165) is 157 Å². The molecule has 0 spiro atoms. The largest absolute Gasteiger partial charge is 0.459 e. The highest BCUT2D eigenvalue weighted by atomic mass is 32.1. The molecule has 4 aliphatic rings. The van der Waals surface area contributed by atoms with E-state index in [4.69, 9.17) is 9.47 Å². The summed E-state index contributed by atoms with van der Waals surface area (Å²) in [5.41, 5.74) is 35.0. The summed E-state index contributed by atoms with van der Waals surface area (Å²) in [6.07, 6.45) is 0. The highest BCUT2D eigenvalue weighted by Gasteiger charge is 2.53. The standard InChI is InChI=1S/C116H99B2N3O2S/c1-112(2,3)77-58-74(59-78(64-77)113(4,5)6)75-62-91(76-60-79(114(7,8)9)65-80(61-76)115(10,11)12)109-94(63-75)117-92-56-54-82(119-95-51-31-28-44-87(95)88-45-29-32-52-96(88)119)68-100(92)122-110-104-99(69-101(123-109)105(110)117)120(106-83(70-36-20-16-21-37-70)47-34-48-84(106)71-38-22-17-23-39-71)97-66-81(116(13,14)15)67-98-103(97)118(104)93-57-55-90-89-46-30-33-53-102(89)124-111(90)108(93)121(98)107-85(72-40-24-18-25-41-72)49-35-50-86(107)73-42-26-19-27-43-73/h16-69H,1-15H3. The fraction of sp³-hybridized carbons (Fsp3) is 0.172. The summed E-state index contributed by atoms with van der Waals surface area (Å²) in [5, 5.41) is 4.85. The highest BCUT2D eigenvalue weighted by Crippen LogP contribution is 2.58. The lowest BCUT2D eigenvalue weighted by atomic mass is 9.30. The Morgan fingerprint density at radius 2 is 0.677 bits per heavy atom. The van der Waals surface area contributed by atoms with Gasteiger partial charge in [0.1, 0.15) is 23.0 Å². The van der Waals surface area contributed by atoms with Gasteiger partial charge in [0.15, 0.2) is 0 Å². The van der Waals surface area contributed by atoms with E-state index in [0.29, 0.717) is 0 Å². The molecule has 22 rings (SSSR count). The average Bonchev–Trinajstić information content (AvgIpc) is 0.941. The van der Waals surface area contributed by atoms with Gasteiger partial charge in [-0.05, 0) is 164 Å². The SMILES string of the molecule is CC(C)(C)c1cc(-c2cc3c(c(-c4cc(C(C)(C)C)cc(C(C)(C)C)c4)c2)Oc2cc4c(c5c2B3c2ccc(-n3c6ccccc6c6ccccc63)cc2O5)B2c3ccc5c(sc6ccccc65)c3N(c3c(-c5ccccc5)cccc3-c3ccccc3)c3cc(C(C)(C)C)cc(c32)N4c2c(-c3ccccc3)cccc2-c2ccccc2)cc(C(C)(C)C)c1. The first-order valence-corrected chi connectivity index (χ1v) is 44.9. The number of aromatic nitrogens is 1. The molecular weight excluding hydrogens is 1520 g/mol. The first-order valence-electron chi connectivity index (χ1n) is 44.1. The van der Waals surface area contributed by atoms with E-state index in [2.05, 4.69) is 446 Å². The van der Waals surface area contributed by atoms with Gasteiger partial charge in [-0.1, -0.05) is 377 Å². The van der Waals surface area contributed by atoms with E-state index in [-0.39, 0.29) is 27.1 Å². The Morgan fingerprint density at radius 3 is 1.19 bits per heavy atom. The van der Waals surface area contributed by atoms with Gasteiger partial charge in [0, 0.05) is 94.4 Å². The van der Waals surface area contributed by atoms with Crippen molar-refractivity contribution < 1.29 is 9.47 Å². The second-order valence-corrected chi connectivity index (χ2v) is 41.0. The van der Waals surface area contributed by atoms with Crippen molar-refractivity contribution in [3.63, 3.8) is 0 Å². The summed E-state index contributed by atoms with van der Waals surface area (Å²) in [5.74, 6) is 3.19. The van der Waals surface area contributed by atoms with E-state index in [1.165, 1.54) is 75.3 Å². The van der Waals surface area contributed by atoms with Gasteiger partial charge < -0.3 is 23.8 Å². The molecule has 0 radical (unpaired) electrons. The molecule has 8 heteroatoms. The molecule has 0 amide bonds. The summed E-state index contributed by atoms with van der Waals surface area (Å²) < 4.78 is 22.0. The van der Waals surface area contributed by atoms with Gasteiger partial charge in [0.05, 0.1) is 32.8 Å². The predicted octanol–water partition coefficient (Wildman–Crippen LogP) is 28.5. The lowest BCUT2D eigenvalue weighted by molar-refractivity contribution is 0.467. The van der Waals surface area contributed by atoms with Crippen molar-refractivity contribution in [3.05, 3.63) is 355 Å². The van der Waals surface area contributed by atoms with E-state index < -0.39 is 13.4 Å². The van der Waals surface area contributed by atoms with Crippen molar-refractivity contribution >= 4 is 134 Å². The summed E-state index contributed by atoms with van der Waals surface area (Å²) >= 11 is 1.91. The lowest BCUT2D eigenvalue weighted by Gasteiger charge is -2.48. The van der Waals surface area contributed by atoms with Gasteiger partial charge in [-0.3, -0.25) is 0 Å². The Morgan fingerprint density at radius 1 is 0.258 bits per heavy atom. The maximum Gasteiger partial charge on any atom is 0.260 e. The van der Waals surface area contributed by atoms with Crippen molar-refractivity contribution in [1.29, 1.82) is 0 Å². The van der Waals surface area contributed by atoms with Gasteiger partial charge in [-0.15, -0.1) is 11.3 Å². The molecule has 0 N–H and O–H groups in total. The first-order chi connectivity index (χ1) is 59.7. The van der Waals surface area contributed by atoms with Gasteiger partial charge in [-0.25, -0.2) is 0 Å². The molecule has 124 heavy (non-hydrogen) atoms. The number of benzene rings is 16. The molecule has 4 aliphatic heterocycles. The monoisotopic (exact) mass is 1620 g/mol. The number of anilines is 6. The van der Waals surface area contributed by atoms with Gasteiger partial charge in [-0.2, -0.15) is 0 Å². The average molecular weight is 1620 g/mol. The third-order valence-electron chi connectivity index (χ3n) is 26.8. The van der Waals surface area contributed by atoms with Crippen LogP contribution in [0.4, 0.5) is 34.1 Å². The molecule has 5 nitrogen and oxygen atoms in total. The molecular formula is C116H99B2N3O2S. The number of hydrogen-bond donors (Lipinski definition) is 0. The van der Waals surface area contributed by atoms with Crippen LogP contribution in [-0.4, -0.2) is 18.0 Å². The Kier molecular flexibility index (Phi) is 17.5. The van der Waals surface area contributed by atoms with E-state index in [1.807, 2.05) is 11.3 Å². The minimum Gasteiger partial charge on any atom is -0.459 e. The van der Waals surface area contributed by atoms with E-state index in [9.17, 15) is 0 Å². The number of thiophene rings is 1. The Hall–Kier alpha value is -13.1. The number of hydrogen-bond acceptors (Lipinski definition) is 5. The van der Waals surface area contributed by atoms with Crippen LogP contribution in [0.25, 0.3) is 114 Å². The number of rotatable bonds is 9. The summed E-state index contributed by atoms with van der Waals surface area (Å²) in [7, 11) is 0. The van der Waals surface area contributed by atoms with Crippen LogP contribution >= 0.6 is 11.3 Å². The van der Waals surface area contributed by atoms with Crippen LogP contribution in [-0.2, 0) is 27.1 Å². The van der Waals surface area contributed by atoms with Crippen molar-refractivity contribution in [1.82, 2.24) is 4.57 Å². The van der Waals surface area contributed by atoms with Crippen LogP contribution in [0.1, 0.15) is 132 Å². The highest BCUT2D eigenvalue weighted by molar-refractivity contribution is 7.26. The van der Waals surface area contributed by atoms with Crippen molar-refractivity contribution in [2.24, 2.45) is 0 Å². The molecule has 6 heterocycles. The predicted molar refractivity (Wildman–Crippen MR) is 531 cm³/mol. The van der Waals surface area contributed by atoms with Crippen LogP contribution < -0.4 is 52.1 Å². The van der Waals surface area contributed by atoms with Gasteiger partial charge >= 0.3 is 0 Å². The summed E-state index contributed by atoms with van der Waals surface area (Å²) in [4.78, 5) is 5.43. The molecule has 0 aliphatic carbocycles. The molecule has 16 aromatic carbocycles. The van der Waals surface area contributed by atoms with Crippen molar-refractivity contribution in [2.45, 2.75) is 131 Å². The quantitative estimate of drug-likeness (QED) is 0.135. The zero-order valence-electron chi connectivity index (χ0n) is 73.4. The minimum absolute atomic E-state index is 0.156. The van der Waals surface area contributed by atoms with Crippen molar-refractivity contribution in [3.8, 4) is 95.4 Å². The van der Waals surface area contributed by atoms with Crippen molar-refractivity contribution in [2.75, 3.05) is 9.80 Å². The minimum atomic E-state index is -0.461. The zero-order chi connectivity index (χ0) is 84.9. The molecule has 602 valence electrons. The fourth-order valence-corrected chi connectivity index (χ4v) is 21.5. The number of para-hydroxylation sites is 4. The van der Waals surface area contributed by atoms with Crippen LogP contribution in [0, 0.1) is 0 Å². The van der Waals surface area contributed by atoms with Gasteiger partial charge in [0.25, 0.3) is 13.4 Å². The molecule has 0 saturated carbocycles. The molecule has 2 aromatic heterocycles. The van der Waals surface area contributed by atoms with Crippen LogP contribution in [0.5, 0.6) is 23.0 Å². The maximum absolute atomic E-state index is 8.63.